The highest BCUT2D eigenvalue weighted by Gasteiger charge is 2.49. The van der Waals surface area contributed by atoms with Crippen LogP contribution in [0.4, 0.5) is 0 Å². The van der Waals surface area contributed by atoms with E-state index in [1.165, 1.54) is 12.8 Å². The quantitative estimate of drug-likeness (QED) is 0.683. The van der Waals surface area contributed by atoms with Gasteiger partial charge in [0.1, 0.15) is 0 Å². The standard InChI is InChI=1S/C8H17NO.ClH/c1-6(2)8(3-4-8)7(9)5-10;/h6-7,10H,3-5,9H2,1-2H3;1H. The predicted octanol–water partition coefficient (Wildman–Crippen LogP) is 1.16. The number of hydrogen-bond donors (Lipinski definition) is 2. The van der Waals surface area contributed by atoms with Gasteiger partial charge < -0.3 is 10.8 Å². The summed E-state index contributed by atoms with van der Waals surface area (Å²) in [5.41, 5.74) is 6.05. The van der Waals surface area contributed by atoms with Crippen LogP contribution in [-0.2, 0) is 0 Å². The Morgan fingerprint density at radius 1 is 1.45 bits per heavy atom. The van der Waals surface area contributed by atoms with Crippen LogP contribution in [0.3, 0.4) is 0 Å². The van der Waals surface area contributed by atoms with Crippen molar-refractivity contribution in [2.24, 2.45) is 17.1 Å². The molecule has 11 heavy (non-hydrogen) atoms. The Bertz CT molecular complexity index is 123. The summed E-state index contributed by atoms with van der Waals surface area (Å²) in [6.07, 6.45) is 2.40. The molecule has 1 unspecified atom stereocenters. The highest BCUT2D eigenvalue weighted by Crippen LogP contribution is 2.53. The molecule has 0 bridgehead atoms. The van der Waals surface area contributed by atoms with E-state index in [4.69, 9.17) is 10.8 Å². The van der Waals surface area contributed by atoms with E-state index >= 15 is 0 Å². The molecule has 0 aliphatic heterocycles. The normalized spacial score (nSPS) is 22.6. The zero-order chi connectivity index (χ0) is 7.78. The molecular weight excluding hydrogens is 162 g/mol. The second-order valence-electron chi connectivity index (χ2n) is 3.68. The molecule has 1 aliphatic rings. The number of nitrogens with two attached hydrogens (primary N) is 1. The van der Waals surface area contributed by atoms with E-state index in [-0.39, 0.29) is 30.5 Å². The maximum Gasteiger partial charge on any atom is 0.0588 e. The van der Waals surface area contributed by atoms with E-state index in [2.05, 4.69) is 13.8 Å². The van der Waals surface area contributed by atoms with E-state index in [1.807, 2.05) is 0 Å². The minimum Gasteiger partial charge on any atom is -0.395 e. The Kier molecular flexibility index (Phi) is 3.82. The lowest BCUT2D eigenvalue weighted by molar-refractivity contribution is 0.184. The Labute approximate surface area is 74.6 Å². The fraction of sp³-hybridized carbons (Fsp3) is 1.00. The first kappa shape index (κ1) is 11.2. The maximum atomic E-state index is 8.83. The first-order valence-corrected chi connectivity index (χ1v) is 4.00. The molecule has 0 saturated heterocycles. The van der Waals surface area contributed by atoms with Crippen molar-refractivity contribution >= 4 is 12.4 Å². The van der Waals surface area contributed by atoms with Crippen molar-refractivity contribution in [2.45, 2.75) is 32.7 Å². The Balaban J connectivity index is 0.000001000. The molecule has 0 heterocycles. The van der Waals surface area contributed by atoms with Crippen LogP contribution in [0, 0.1) is 11.3 Å². The minimum atomic E-state index is 0. The van der Waals surface area contributed by atoms with E-state index in [9.17, 15) is 0 Å². The average Bonchev–Trinajstić information content (AvgIpc) is 2.65. The summed E-state index contributed by atoms with van der Waals surface area (Å²) in [5.74, 6) is 0.620. The summed E-state index contributed by atoms with van der Waals surface area (Å²) in [6, 6.07) is 0.00694. The monoisotopic (exact) mass is 179 g/mol. The van der Waals surface area contributed by atoms with Crippen LogP contribution in [0.25, 0.3) is 0 Å². The predicted molar refractivity (Wildman–Crippen MR) is 48.8 cm³/mol. The minimum absolute atomic E-state index is 0. The van der Waals surface area contributed by atoms with Gasteiger partial charge in [-0.2, -0.15) is 0 Å². The van der Waals surface area contributed by atoms with Crippen LogP contribution in [0.15, 0.2) is 0 Å². The summed E-state index contributed by atoms with van der Waals surface area (Å²) in [4.78, 5) is 0. The lowest BCUT2D eigenvalue weighted by Crippen LogP contribution is -2.38. The number of aliphatic hydroxyl groups is 1. The molecule has 1 atom stereocenters. The highest BCUT2D eigenvalue weighted by molar-refractivity contribution is 5.85. The fourth-order valence-corrected chi connectivity index (χ4v) is 1.70. The van der Waals surface area contributed by atoms with Gasteiger partial charge in [-0.3, -0.25) is 0 Å². The number of halogens is 1. The summed E-state index contributed by atoms with van der Waals surface area (Å²) < 4.78 is 0. The molecule has 0 aromatic rings. The molecule has 2 nitrogen and oxygen atoms in total. The van der Waals surface area contributed by atoms with Crippen LogP contribution < -0.4 is 5.73 Å². The van der Waals surface area contributed by atoms with Crippen LogP contribution in [0.5, 0.6) is 0 Å². The molecule has 1 fully saturated rings. The molecule has 0 amide bonds. The third-order valence-corrected chi connectivity index (χ3v) is 2.91. The average molecular weight is 180 g/mol. The number of aliphatic hydroxyl groups excluding tert-OH is 1. The van der Waals surface area contributed by atoms with Gasteiger partial charge in [0.15, 0.2) is 0 Å². The largest absolute Gasteiger partial charge is 0.395 e. The first-order valence-electron chi connectivity index (χ1n) is 4.00. The van der Waals surface area contributed by atoms with E-state index in [0.29, 0.717) is 5.92 Å². The van der Waals surface area contributed by atoms with E-state index < -0.39 is 0 Å². The van der Waals surface area contributed by atoms with Gasteiger partial charge in [0.25, 0.3) is 0 Å². The number of rotatable bonds is 3. The Morgan fingerprint density at radius 3 is 2.00 bits per heavy atom. The van der Waals surface area contributed by atoms with Gasteiger partial charge in [-0.25, -0.2) is 0 Å². The third-order valence-electron chi connectivity index (χ3n) is 2.91. The zero-order valence-electron chi connectivity index (χ0n) is 7.21. The summed E-state index contributed by atoms with van der Waals surface area (Å²) in [5, 5.41) is 8.83. The zero-order valence-corrected chi connectivity index (χ0v) is 8.03. The highest BCUT2D eigenvalue weighted by atomic mass is 35.5. The van der Waals surface area contributed by atoms with Crippen molar-refractivity contribution < 1.29 is 5.11 Å². The third kappa shape index (κ3) is 1.86. The molecule has 68 valence electrons. The maximum absolute atomic E-state index is 8.83. The van der Waals surface area contributed by atoms with E-state index in [0.717, 1.165) is 0 Å². The summed E-state index contributed by atoms with van der Waals surface area (Å²) in [7, 11) is 0. The van der Waals surface area contributed by atoms with Crippen LogP contribution >= 0.6 is 12.4 Å². The van der Waals surface area contributed by atoms with Crippen molar-refractivity contribution in [3.63, 3.8) is 0 Å². The molecule has 3 N–H and O–H groups in total. The van der Waals surface area contributed by atoms with Gasteiger partial charge in [0.05, 0.1) is 6.61 Å². The number of hydrogen-bond acceptors (Lipinski definition) is 2. The van der Waals surface area contributed by atoms with Gasteiger partial charge >= 0.3 is 0 Å². The molecule has 1 aliphatic carbocycles. The van der Waals surface area contributed by atoms with Gasteiger partial charge in [-0.05, 0) is 24.2 Å². The Morgan fingerprint density at radius 2 is 1.91 bits per heavy atom. The molecule has 0 aromatic heterocycles. The molecule has 3 heteroatoms. The van der Waals surface area contributed by atoms with Crippen molar-refractivity contribution in [3.8, 4) is 0 Å². The SMILES string of the molecule is CC(C)C1(C(N)CO)CC1.Cl. The molecule has 0 aromatic carbocycles. The van der Waals surface area contributed by atoms with Crippen molar-refractivity contribution in [2.75, 3.05) is 6.61 Å². The summed E-state index contributed by atoms with van der Waals surface area (Å²) >= 11 is 0. The second-order valence-corrected chi connectivity index (χ2v) is 3.68. The lowest BCUT2D eigenvalue weighted by atomic mass is 9.86. The van der Waals surface area contributed by atoms with Gasteiger partial charge in [0.2, 0.25) is 0 Å². The van der Waals surface area contributed by atoms with Crippen molar-refractivity contribution in [1.29, 1.82) is 0 Å². The first-order chi connectivity index (χ1) is 4.63. The molecular formula is C8H18ClNO. The molecule has 0 spiro atoms. The molecule has 0 radical (unpaired) electrons. The van der Waals surface area contributed by atoms with E-state index in [1.54, 1.807) is 0 Å². The van der Waals surface area contributed by atoms with Gasteiger partial charge in [-0.15, -0.1) is 12.4 Å². The van der Waals surface area contributed by atoms with Gasteiger partial charge in [0, 0.05) is 6.04 Å². The van der Waals surface area contributed by atoms with Crippen molar-refractivity contribution in [1.82, 2.24) is 0 Å². The van der Waals surface area contributed by atoms with Crippen LogP contribution in [0.1, 0.15) is 26.7 Å². The van der Waals surface area contributed by atoms with Gasteiger partial charge in [-0.1, -0.05) is 13.8 Å². The molecule has 1 rings (SSSR count). The molecule has 1 saturated carbocycles. The fourth-order valence-electron chi connectivity index (χ4n) is 1.70. The van der Waals surface area contributed by atoms with Crippen molar-refractivity contribution in [3.05, 3.63) is 0 Å². The summed E-state index contributed by atoms with van der Waals surface area (Å²) in [6.45, 7) is 4.50. The Hall–Kier alpha value is 0.210. The lowest BCUT2D eigenvalue weighted by Gasteiger charge is -2.25. The topological polar surface area (TPSA) is 46.2 Å². The smallest absolute Gasteiger partial charge is 0.0588 e. The van der Waals surface area contributed by atoms with Crippen LogP contribution in [-0.4, -0.2) is 17.8 Å². The second kappa shape index (κ2) is 3.74. The van der Waals surface area contributed by atoms with Crippen LogP contribution in [0.2, 0.25) is 0 Å².